The highest BCUT2D eigenvalue weighted by atomic mass is 16.7. The summed E-state index contributed by atoms with van der Waals surface area (Å²) in [5.74, 6) is 0. The summed E-state index contributed by atoms with van der Waals surface area (Å²) in [7, 11) is 0. The Morgan fingerprint density at radius 1 is 0.889 bits per heavy atom. The van der Waals surface area contributed by atoms with Gasteiger partial charge in [0.1, 0.15) is 5.60 Å². The minimum absolute atomic E-state index is 0.424. The van der Waals surface area contributed by atoms with Crippen molar-refractivity contribution >= 4 is 6.16 Å². The molecule has 0 saturated carbocycles. The standard InChI is InChI=1S/C15H30O3/c1-14(2,3)11-9-7-8-10-12-17-13(16)18-15(4,5)6/h7-12H2,1-6H3. The first-order chi connectivity index (χ1) is 8.10. The second kappa shape index (κ2) is 7.65. The first-order valence-corrected chi connectivity index (χ1v) is 6.96. The number of carbonyl (C=O) groups excluding carboxylic acids is 1. The normalized spacial score (nSPS) is 12.3. The Morgan fingerprint density at radius 2 is 1.44 bits per heavy atom. The van der Waals surface area contributed by atoms with Crippen LogP contribution in [-0.2, 0) is 9.47 Å². The smallest absolute Gasteiger partial charge is 0.434 e. The molecular formula is C15H30O3. The zero-order valence-corrected chi connectivity index (χ0v) is 13.0. The molecule has 0 aliphatic carbocycles. The molecule has 0 fully saturated rings. The molecule has 0 bridgehead atoms. The summed E-state index contributed by atoms with van der Waals surface area (Å²) >= 11 is 0. The Kier molecular flexibility index (Phi) is 7.34. The van der Waals surface area contributed by atoms with Gasteiger partial charge in [-0.15, -0.1) is 0 Å². The van der Waals surface area contributed by atoms with Gasteiger partial charge in [-0.3, -0.25) is 0 Å². The largest absolute Gasteiger partial charge is 0.508 e. The lowest BCUT2D eigenvalue weighted by molar-refractivity contribution is -0.00770. The van der Waals surface area contributed by atoms with Gasteiger partial charge in [0.2, 0.25) is 0 Å². The zero-order chi connectivity index (χ0) is 14.2. The molecule has 0 aromatic rings. The lowest BCUT2D eigenvalue weighted by Crippen LogP contribution is -2.24. The van der Waals surface area contributed by atoms with Crippen LogP contribution in [0.1, 0.15) is 73.6 Å². The van der Waals surface area contributed by atoms with Gasteiger partial charge in [0, 0.05) is 0 Å². The van der Waals surface area contributed by atoms with Gasteiger partial charge in [-0.25, -0.2) is 4.79 Å². The molecule has 0 unspecified atom stereocenters. The van der Waals surface area contributed by atoms with Crippen molar-refractivity contribution in [3.63, 3.8) is 0 Å². The van der Waals surface area contributed by atoms with E-state index in [9.17, 15) is 4.79 Å². The lowest BCUT2D eigenvalue weighted by atomic mass is 9.89. The fourth-order valence-electron chi connectivity index (χ4n) is 1.55. The molecule has 3 heteroatoms. The highest BCUT2D eigenvalue weighted by Crippen LogP contribution is 2.22. The van der Waals surface area contributed by atoms with Crippen LogP contribution in [0.15, 0.2) is 0 Å². The molecule has 0 spiro atoms. The van der Waals surface area contributed by atoms with Crippen molar-refractivity contribution in [2.45, 2.75) is 79.2 Å². The molecule has 0 rings (SSSR count). The van der Waals surface area contributed by atoms with Crippen LogP contribution in [0, 0.1) is 5.41 Å². The van der Waals surface area contributed by atoms with E-state index in [4.69, 9.17) is 9.47 Å². The number of hydrogen-bond donors (Lipinski definition) is 0. The Labute approximate surface area is 112 Å². The predicted octanol–water partition coefficient (Wildman–Crippen LogP) is 4.93. The zero-order valence-electron chi connectivity index (χ0n) is 13.0. The summed E-state index contributed by atoms with van der Waals surface area (Å²) < 4.78 is 10.1. The second-order valence-corrected chi connectivity index (χ2v) is 7.04. The van der Waals surface area contributed by atoms with Crippen LogP contribution in [-0.4, -0.2) is 18.4 Å². The molecule has 18 heavy (non-hydrogen) atoms. The van der Waals surface area contributed by atoms with E-state index >= 15 is 0 Å². The van der Waals surface area contributed by atoms with Crippen LogP contribution in [0.2, 0.25) is 0 Å². The van der Waals surface area contributed by atoms with Crippen molar-refractivity contribution in [1.29, 1.82) is 0 Å². The maximum atomic E-state index is 11.2. The van der Waals surface area contributed by atoms with Gasteiger partial charge in [-0.2, -0.15) is 0 Å². The summed E-state index contributed by atoms with van der Waals surface area (Å²) in [5, 5.41) is 0. The number of ether oxygens (including phenoxy) is 2. The van der Waals surface area contributed by atoms with Crippen molar-refractivity contribution in [3.8, 4) is 0 Å². The molecular weight excluding hydrogens is 228 g/mol. The predicted molar refractivity (Wildman–Crippen MR) is 74.7 cm³/mol. The molecule has 3 nitrogen and oxygen atoms in total. The Morgan fingerprint density at radius 3 is 1.94 bits per heavy atom. The topological polar surface area (TPSA) is 35.5 Å². The molecule has 108 valence electrons. The summed E-state index contributed by atoms with van der Waals surface area (Å²) in [6.07, 6.45) is 5.17. The minimum Gasteiger partial charge on any atom is -0.434 e. The summed E-state index contributed by atoms with van der Waals surface area (Å²) in [5.41, 5.74) is -0.0448. The van der Waals surface area contributed by atoms with E-state index in [-0.39, 0.29) is 0 Å². The average Bonchev–Trinajstić information content (AvgIpc) is 2.11. The van der Waals surface area contributed by atoms with Gasteiger partial charge in [-0.1, -0.05) is 40.0 Å². The van der Waals surface area contributed by atoms with Crippen molar-refractivity contribution in [2.75, 3.05) is 6.61 Å². The van der Waals surface area contributed by atoms with Crippen LogP contribution >= 0.6 is 0 Å². The van der Waals surface area contributed by atoms with Crippen molar-refractivity contribution in [1.82, 2.24) is 0 Å². The second-order valence-electron chi connectivity index (χ2n) is 7.04. The monoisotopic (exact) mass is 258 g/mol. The maximum Gasteiger partial charge on any atom is 0.508 e. The summed E-state index contributed by atoms with van der Waals surface area (Å²) in [6, 6.07) is 0. The van der Waals surface area contributed by atoms with Crippen molar-refractivity contribution in [3.05, 3.63) is 0 Å². The number of unbranched alkanes of at least 4 members (excludes halogenated alkanes) is 3. The number of rotatable bonds is 6. The molecule has 0 aromatic heterocycles. The van der Waals surface area contributed by atoms with Gasteiger partial charge in [0.25, 0.3) is 0 Å². The van der Waals surface area contributed by atoms with Crippen LogP contribution in [0.3, 0.4) is 0 Å². The molecule has 0 aliphatic rings. The first kappa shape index (κ1) is 17.3. The van der Waals surface area contributed by atoms with Crippen LogP contribution in [0.5, 0.6) is 0 Å². The molecule has 0 aromatic carbocycles. The Bertz CT molecular complexity index is 233. The first-order valence-electron chi connectivity index (χ1n) is 6.96. The third-order valence-corrected chi connectivity index (χ3v) is 2.43. The SMILES string of the molecule is CC(C)(C)CCCCCCOC(=O)OC(C)(C)C. The number of hydrogen-bond acceptors (Lipinski definition) is 3. The van der Waals surface area contributed by atoms with Gasteiger partial charge in [-0.05, 0) is 39.0 Å². The van der Waals surface area contributed by atoms with E-state index in [2.05, 4.69) is 20.8 Å². The maximum absolute atomic E-state index is 11.2. The molecule has 0 heterocycles. The molecule has 0 N–H and O–H groups in total. The van der Waals surface area contributed by atoms with Crippen LogP contribution in [0.25, 0.3) is 0 Å². The van der Waals surface area contributed by atoms with E-state index in [0.29, 0.717) is 12.0 Å². The van der Waals surface area contributed by atoms with E-state index in [1.165, 1.54) is 19.3 Å². The fraction of sp³-hybridized carbons (Fsp3) is 0.933. The van der Waals surface area contributed by atoms with E-state index in [1.54, 1.807) is 0 Å². The highest BCUT2D eigenvalue weighted by molar-refractivity contribution is 5.60. The third kappa shape index (κ3) is 13.3. The Balaban J connectivity index is 3.39. The van der Waals surface area contributed by atoms with E-state index < -0.39 is 11.8 Å². The van der Waals surface area contributed by atoms with E-state index in [0.717, 1.165) is 12.8 Å². The van der Waals surface area contributed by atoms with Gasteiger partial charge < -0.3 is 9.47 Å². The van der Waals surface area contributed by atoms with Gasteiger partial charge in [0.05, 0.1) is 6.61 Å². The quantitative estimate of drug-likeness (QED) is 0.500. The fourth-order valence-corrected chi connectivity index (χ4v) is 1.55. The lowest BCUT2D eigenvalue weighted by Gasteiger charge is -2.19. The van der Waals surface area contributed by atoms with E-state index in [1.807, 2.05) is 20.8 Å². The Hall–Kier alpha value is -0.730. The molecule has 0 saturated heterocycles. The third-order valence-electron chi connectivity index (χ3n) is 2.43. The van der Waals surface area contributed by atoms with Crippen LogP contribution < -0.4 is 0 Å². The minimum atomic E-state index is -0.558. The van der Waals surface area contributed by atoms with Gasteiger partial charge in [0.15, 0.2) is 0 Å². The molecule has 0 radical (unpaired) electrons. The average molecular weight is 258 g/mol. The van der Waals surface area contributed by atoms with Gasteiger partial charge >= 0.3 is 6.16 Å². The highest BCUT2D eigenvalue weighted by Gasteiger charge is 2.16. The molecule has 0 aliphatic heterocycles. The number of carbonyl (C=O) groups is 1. The summed E-state index contributed by atoms with van der Waals surface area (Å²) in [4.78, 5) is 11.2. The van der Waals surface area contributed by atoms with Crippen molar-refractivity contribution in [2.24, 2.45) is 5.41 Å². The van der Waals surface area contributed by atoms with Crippen LogP contribution in [0.4, 0.5) is 4.79 Å². The molecule has 0 atom stereocenters. The summed E-state index contributed by atoms with van der Waals surface area (Å²) in [6.45, 7) is 12.8. The molecule has 0 amide bonds. The van der Waals surface area contributed by atoms with Crippen molar-refractivity contribution < 1.29 is 14.3 Å².